The number of rotatable bonds is 5. The molecular formula is C14H9F3N4O5. The molecule has 0 saturated carbocycles. The summed E-state index contributed by atoms with van der Waals surface area (Å²) in [6.07, 6.45) is -1.14. The zero-order valence-electron chi connectivity index (χ0n) is 12.7. The number of esters is 1. The Kier molecular flexibility index (Phi) is 5.45. The topological polar surface area (TPSA) is 124 Å². The number of anilines is 1. The number of nitrogens with one attached hydrogen (secondary N) is 1. The van der Waals surface area contributed by atoms with Crippen molar-refractivity contribution < 1.29 is 32.4 Å². The zero-order valence-corrected chi connectivity index (χ0v) is 12.7. The van der Waals surface area contributed by atoms with Crippen molar-refractivity contribution >= 4 is 23.3 Å². The van der Waals surface area contributed by atoms with E-state index in [0.29, 0.717) is 12.1 Å². The lowest BCUT2D eigenvalue weighted by atomic mass is 10.1. The molecule has 0 aliphatic carbocycles. The summed E-state index contributed by atoms with van der Waals surface area (Å²) in [5.41, 5.74) is -2.82. The molecule has 0 spiro atoms. The summed E-state index contributed by atoms with van der Waals surface area (Å²) in [5.74, 6) is -1.94. The summed E-state index contributed by atoms with van der Waals surface area (Å²) in [6, 6.07) is 1.61. The van der Waals surface area contributed by atoms with E-state index in [-0.39, 0.29) is 5.69 Å². The van der Waals surface area contributed by atoms with E-state index in [4.69, 9.17) is 0 Å². The van der Waals surface area contributed by atoms with E-state index in [2.05, 4.69) is 14.7 Å². The average Bonchev–Trinajstić information content (AvgIpc) is 2.59. The predicted octanol–water partition coefficient (Wildman–Crippen LogP) is 2.20. The molecule has 1 heterocycles. The van der Waals surface area contributed by atoms with Crippen LogP contribution < -0.4 is 5.32 Å². The van der Waals surface area contributed by atoms with Crippen LogP contribution in [0.15, 0.2) is 36.8 Å². The van der Waals surface area contributed by atoms with Crippen LogP contribution in [0.4, 0.5) is 24.5 Å². The van der Waals surface area contributed by atoms with Crippen molar-refractivity contribution in [1.82, 2.24) is 9.97 Å². The number of hydrogen-bond acceptors (Lipinski definition) is 7. The number of carbonyl (C=O) groups excluding carboxylic acids is 2. The molecule has 0 radical (unpaired) electrons. The summed E-state index contributed by atoms with van der Waals surface area (Å²) in [5, 5.41) is 12.9. The first-order valence-electron chi connectivity index (χ1n) is 6.77. The Morgan fingerprint density at radius 1 is 1.27 bits per heavy atom. The van der Waals surface area contributed by atoms with Gasteiger partial charge in [0.05, 0.1) is 16.7 Å². The van der Waals surface area contributed by atoms with Crippen molar-refractivity contribution in [2.45, 2.75) is 6.18 Å². The number of amides is 1. The lowest BCUT2D eigenvalue weighted by molar-refractivity contribution is -0.384. The van der Waals surface area contributed by atoms with Crippen LogP contribution in [0.3, 0.4) is 0 Å². The van der Waals surface area contributed by atoms with E-state index in [1.165, 1.54) is 12.4 Å². The van der Waals surface area contributed by atoms with Crippen molar-refractivity contribution in [3.8, 4) is 0 Å². The SMILES string of the molecule is O=C(COC(=O)c1cnccn1)Nc1ccc(C(F)(F)F)cc1[N+](=O)[O-]. The van der Waals surface area contributed by atoms with Gasteiger partial charge in [-0.25, -0.2) is 9.78 Å². The molecule has 0 aliphatic heterocycles. The Hall–Kier alpha value is -3.57. The van der Waals surface area contributed by atoms with Gasteiger partial charge in [0, 0.05) is 18.5 Å². The Labute approximate surface area is 143 Å². The molecule has 1 N–H and O–H groups in total. The second-order valence-corrected chi connectivity index (χ2v) is 4.70. The molecular weight excluding hydrogens is 361 g/mol. The van der Waals surface area contributed by atoms with Gasteiger partial charge in [0.2, 0.25) is 0 Å². The molecule has 0 bridgehead atoms. The van der Waals surface area contributed by atoms with E-state index in [1.807, 2.05) is 5.32 Å². The number of nitro groups is 1. The summed E-state index contributed by atoms with van der Waals surface area (Å²) in [4.78, 5) is 40.5. The van der Waals surface area contributed by atoms with Gasteiger partial charge in [-0.1, -0.05) is 0 Å². The lowest BCUT2D eigenvalue weighted by Crippen LogP contribution is -2.22. The third kappa shape index (κ3) is 4.72. The van der Waals surface area contributed by atoms with Crippen LogP contribution in [-0.2, 0) is 15.7 Å². The molecule has 2 aromatic rings. The van der Waals surface area contributed by atoms with Crippen LogP contribution in [0, 0.1) is 10.1 Å². The Balaban J connectivity index is 2.06. The Morgan fingerprint density at radius 2 is 2.00 bits per heavy atom. The molecule has 0 aliphatic rings. The van der Waals surface area contributed by atoms with E-state index < -0.39 is 46.5 Å². The number of hydrogen-bond donors (Lipinski definition) is 1. The van der Waals surface area contributed by atoms with Crippen LogP contribution >= 0.6 is 0 Å². The standard InChI is InChI=1S/C14H9F3N4O5/c15-14(16,17)8-1-2-9(11(5-8)21(24)25)20-12(22)7-26-13(23)10-6-18-3-4-19-10/h1-6H,7H2,(H,20,22). The maximum absolute atomic E-state index is 12.6. The number of aromatic nitrogens is 2. The van der Waals surface area contributed by atoms with Crippen molar-refractivity contribution in [2.24, 2.45) is 0 Å². The monoisotopic (exact) mass is 370 g/mol. The van der Waals surface area contributed by atoms with Crippen LogP contribution in [-0.4, -0.2) is 33.4 Å². The van der Waals surface area contributed by atoms with Crippen molar-refractivity contribution in [2.75, 3.05) is 11.9 Å². The van der Waals surface area contributed by atoms with E-state index in [1.54, 1.807) is 0 Å². The van der Waals surface area contributed by atoms with Gasteiger partial charge in [0.15, 0.2) is 12.3 Å². The van der Waals surface area contributed by atoms with Gasteiger partial charge in [-0.05, 0) is 12.1 Å². The molecule has 1 amide bonds. The number of alkyl halides is 3. The number of halogens is 3. The van der Waals surface area contributed by atoms with Crippen LogP contribution in [0.5, 0.6) is 0 Å². The van der Waals surface area contributed by atoms with Crippen LogP contribution in [0.1, 0.15) is 16.1 Å². The minimum atomic E-state index is -4.78. The number of nitro benzene ring substituents is 1. The van der Waals surface area contributed by atoms with E-state index >= 15 is 0 Å². The highest BCUT2D eigenvalue weighted by Crippen LogP contribution is 2.34. The van der Waals surface area contributed by atoms with Gasteiger partial charge >= 0.3 is 12.1 Å². The largest absolute Gasteiger partial charge is 0.451 e. The fourth-order valence-corrected chi connectivity index (χ4v) is 1.76. The Bertz CT molecular complexity index is 842. The molecule has 9 nitrogen and oxygen atoms in total. The molecule has 1 aromatic carbocycles. The molecule has 12 heteroatoms. The number of ether oxygens (including phenoxy) is 1. The molecule has 0 saturated heterocycles. The molecule has 0 unspecified atom stereocenters. The van der Waals surface area contributed by atoms with Gasteiger partial charge in [0.1, 0.15) is 5.69 Å². The third-order valence-electron chi connectivity index (χ3n) is 2.90. The normalized spacial score (nSPS) is 10.9. The van der Waals surface area contributed by atoms with Crippen LogP contribution in [0.2, 0.25) is 0 Å². The van der Waals surface area contributed by atoms with Crippen molar-refractivity contribution in [1.29, 1.82) is 0 Å². The van der Waals surface area contributed by atoms with Gasteiger partial charge in [-0.2, -0.15) is 13.2 Å². The average molecular weight is 370 g/mol. The highest BCUT2D eigenvalue weighted by molar-refractivity contribution is 5.96. The molecule has 0 fully saturated rings. The molecule has 1 aromatic heterocycles. The highest BCUT2D eigenvalue weighted by Gasteiger charge is 2.33. The van der Waals surface area contributed by atoms with E-state index in [9.17, 15) is 32.9 Å². The third-order valence-corrected chi connectivity index (χ3v) is 2.90. The van der Waals surface area contributed by atoms with Gasteiger partial charge in [0.25, 0.3) is 11.6 Å². The predicted molar refractivity (Wildman–Crippen MR) is 79.0 cm³/mol. The van der Waals surface area contributed by atoms with Crippen molar-refractivity contribution in [3.63, 3.8) is 0 Å². The zero-order chi connectivity index (χ0) is 19.3. The second kappa shape index (κ2) is 7.55. The first-order chi connectivity index (χ1) is 12.2. The fraction of sp³-hybridized carbons (Fsp3) is 0.143. The minimum Gasteiger partial charge on any atom is -0.451 e. The van der Waals surface area contributed by atoms with Crippen molar-refractivity contribution in [3.05, 3.63) is 58.2 Å². The quantitative estimate of drug-likeness (QED) is 0.486. The number of benzene rings is 1. The van der Waals surface area contributed by atoms with E-state index in [0.717, 1.165) is 12.3 Å². The Morgan fingerprint density at radius 3 is 2.58 bits per heavy atom. The second-order valence-electron chi connectivity index (χ2n) is 4.70. The fourth-order valence-electron chi connectivity index (χ4n) is 1.76. The highest BCUT2D eigenvalue weighted by atomic mass is 19.4. The first-order valence-corrected chi connectivity index (χ1v) is 6.77. The lowest BCUT2D eigenvalue weighted by Gasteiger charge is -2.10. The summed E-state index contributed by atoms with van der Waals surface area (Å²) >= 11 is 0. The number of nitrogens with zero attached hydrogens (tertiary/aromatic N) is 3. The first kappa shape index (κ1) is 18.8. The molecule has 0 atom stereocenters. The molecule has 26 heavy (non-hydrogen) atoms. The smallest absolute Gasteiger partial charge is 0.416 e. The summed E-state index contributed by atoms with van der Waals surface area (Å²) < 4.78 is 42.5. The maximum Gasteiger partial charge on any atom is 0.416 e. The maximum atomic E-state index is 12.6. The summed E-state index contributed by atoms with van der Waals surface area (Å²) in [6.45, 7) is -0.826. The summed E-state index contributed by atoms with van der Waals surface area (Å²) in [7, 11) is 0. The molecule has 2 rings (SSSR count). The van der Waals surface area contributed by atoms with Gasteiger partial charge < -0.3 is 10.1 Å². The minimum absolute atomic E-state index is 0.166. The van der Waals surface area contributed by atoms with Crippen LogP contribution in [0.25, 0.3) is 0 Å². The van der Waals surface area contributed by atoms with Gasteiger partial charge in [-0.3, -0.25) is 19.9 Å². The number of carbonyl (C=O) groups is 2. The van der Waals surface area contributed by atoms with Gasteiger partial charge in [-0.15, -0.1) is 0 Å². The molecule has 136 valence electrons.